The monoisotopic (exact) mass is 1230 g/mol. The molecule has 5 unspecified atom stereocenters. The Morgan fingerprint density at radius 2 is 1.40 bits per heavy atom. The summed E-state index contributed by atoms with van der Waals surface area (Å²) in [7, 11) is -21.2. The minimum absolute atomic E-state index is 0.00681. The largest absolute Gasteiger partial charge is 0.756 e. The van der Waals surface area contributed by atoms with E-state index in [9.17, 15) is 67.5 Å². The van der Waals surface area contributed by atoms with Crippen molar-refractivity contribution in [1.29, 1.82) is 0 Å². The molecule has 15 N–H and O–H groups in total. The van der Waals surface area contributed by atoms with Crippen LogP contribution in [0.2, 0.25) is 0 Å². The number of phosphoric ester groups is 3. The highest BCUT2D eigenvalue weighted by molar-refractivity contribution is 7.66. The fourth-order valence-electron chi connectivity index (χ4n) is 9.33. The van der Waals surface area contributed by atoms with Crippen LogP contribution in [0, 0.1) is 5.92 Å². The number of aliphatic hydroxyl groups is 3. The highest BCUT2D eigenvalue weighted by Gasteiger charge is 2.53. The Bertz CT molecular complexity index is 3660. The molecule has 44 heteroatoms. The number of nitrogens with one attached hydrogen (secondary N) is 3. The van der Waals surface area contributed by atoms with E-state index >= 15 is 0 Å². The van der Waals surface area contributed by atoms with Gasteiger partial charge < -0.3 is 85.4 Å². The van der Waals surface area contributed by atoms with Gasteiger partial charge in [-0.3, -0.25) is 51.7 Å². The smallest absolute Gasteiger partial charge is 0.490 e. The van der Waals surface area contributed by atoms with E-state index in [0.29, 0.717) is 0 Å². The third kappa shape index (κ3) is 12.8. The molecule has 3 aliphatic rings. The first kappa shape index (κ1) is 60.0. The molecule has 0 aromatic carbocycles. The molecule has 0 bridgehead atoms. The van der Waals surface area contributed by atoms with Gasteiger partial charge in [0.1, 0.15) is 54.6 Å². The number of fused-ring (bicyclic) bond motifs is 3. The number of rotatable bonds is 23. The maximum Gasteiger partial charge on any atom is 0.490 e. The Hall–Kier alpha value is -5.64. The number of aromatic amines is 2. The van der Waals surface area contributed by atoms with Gasteiger partial charge >= 0.3 is 29.1 Å². The van der Waals surface area contributed by atoms with Crippen molar-refractivity contribution in [2.75, 3.05) is 50.7 Å². The molecule has 9 rings (SSSR count). The third-order valence-electron chi connectivity index (χ3n) is 12.8. The number of H-pyrrole nitrogens is 2. The number of methoxy groups -OCH3 is 1. The SMILES string of the molecule is CO[C@@H]1[C@H](OP(=O)([O-])OC[C@H]2O[C@@H](n3cnc4c(=O)[nH]c(N)nc43)[C@H](O)[C@@H]2O)C(COP(=O)(O)OP(=O)(O)OP(=O)(O)OC[C@H]2O[C@@H]([n+]3cn(C)c4c(=O)[nH]c(N)nc43)[C@H](O)[C@@H]2CCCNC(C)=O)O[C@H]1n1cnc2c(N)ncnc21. The molecule has 16 atom stereocenters. The standard InChI is InChI=1S/C37H52N16O24P4/c1-14(54)41-6-4-5-15-16(72-33(22(15)55)53-13-50(2)21-30(53)47-37(40)49-32(21)59)7-70-79(62,63)76-81(66,67)77-80(64,65)71-9-18-25(26(68-3)35(74-18)51-11-44-19-27(38)42-10-43-28(19)51)75-78(60,61)69-8-17-23(56)24(57)34(73-17)52-12-45-20-29(52)46-36(39)48-31(20)58/h10-13,15-18,22-26,33-35,55-57H,4-9H2,1-3H3,(H12-,38,39,40,41,42,43,46,47,48,49,54,58,59,60,61,62,63,64,65,66,67)/t15-,16-,17-,18?,22-,23-,24-,25-,26-,33-,34-,35-/m1/s1. The van der Waals surface area contributed by atoms with Crippen molar-refractivity contribution in [2.45, 2.75) is 87.3 Å². The predicted octanol–water partition coefficient (Wildman–Crippen LogP) is -4.17. The van der Waals surface area contributed by atoms with Crippen LogP contribution in [0.5, 0.6) is 0 Å². The second kappa shape index (κ2) is 23.2. The fraction of sp³-hybridized carbons (Fsp3) is 0.568. The summed E-state index contributed by atoms with van der Waals surface area (Å²) >= 11 is 0. The lowest BCUT2D eigenvalue weighted by Gasteiger charge is -2.31. The van der Waals surface area contributed by atoms with Crippen LogP contribution in [0.15, 0.2) is 34.9 Å². The quantitative estimate of drug-likeness (QED) is 0.0164. The Morgan fingerprint density at radius 1 is 0.778 bits per heavy atom. The molecule has 0 saturated carbocycles. The molecular formula is C37H52N16O24P4. The number of hydrogen-bond donors (Lipinski definition) is 12. The molecule has 444 valence electrons. The van der Waals surface area contributed by atoms with Gasteiger partial charge in [0, 0.05) is 26.5 Å². The van der Waals surface area contributed by atoms with Gasteiger partial charge in [-0.2, -0.15) is 13.6 Å². The number of phosphoric acid groups is 4. The molecular weight excluding hydrogens is 1180 g/mol. The number of aromatic nitrogens is 12. The predicted molar refractivity (Wildman–Crippen MR) is 262 cm³/mol. The molecule has 3 aliphatic heterocycles. The van der Waals surface area contributed by atoms with Gasteiger partial charge in [-0.1, -0.05) is 4.98 Å². The number of imidazole rings is 3. The van der Waals surface area contributed by atoms with Gasteiger partial charge in [0.25, 0.3) is 24.9 Å². The first-order valence-electron chi connectivity index (χ1n) is 23.6. The van der Waals surface area contributed by atoms with E-state index < -0.39 is 136 Å². The van der Waals surface area contributed by atoms with Gasteiger partial charge in [0.2, 0.25) is 23.6 Å². The second-order valence-corrected chi connectivity index (χ2v) is 24.2. The van der Waals surface area contributed by atoms with Crippen LogP contribution in [-0.4, -0.2) is 172 Å². The Morgan fingerprint density at radius 3 is 2.07 bits per heavy atom. The number of carbonyl (C=O) groups is 1. The number of amides is 1. The van der Waals surface area contributed by atoms with Crippen molar-refractivity contribution >= 4 is 88.4 Å². The molecule has 0 radical (unpaired) electrons. The average Bonchev–Trinajstić information content (AvgIpc) is 3.95. The van der Waals surface area contributed by atoms with Gasteiger partial charge in [-0.25, -0.2) is 38.2 Å². The summed E-state index contributed by atoms with van der Waals surface area (Å²) in [4.78, 5) is 111. The normalized spacial score (nSPS) is 29.0. The highest BCUT2D eigenvalue weighted by Crippen LogP contribution is 2.68. The molecule has 3 fully saturated rings. The van der Waals surface area contributed by atoms with E-state index in [0.717, 1.165) is 30.7 Å². The Balaban J connectivity index is 0.873. The van der Waals surface area contributed by atoms with E-state index in [1.807, 2.05) is 0 Å². The van der Waals surface area contributed by atoms with E-state index in [2.05, 4.69) is 53.8 Å². The lowest BCUT2D eigenvalue weighted by molar-refractivity contribution is -0.745. The number of aryl methyl sites for hydroxylation is 1. The number of hydrogen-bond acceptors (Lipinski definition) is 30. The van der Waals surface area contributed by atoms with Gasteiger partial charge in [0.15, 0.2) is 41.4 Å². The van der Waals surface area contributed by atoms with E-state index in [1.54, 1.807) is 0 Å². The number of nitrogen functional groups attached to an aromatic ring is 3. The Kier molecular flexibility index (Phi) is 17.2. The summed E-state index contributed by atoms with van der Waals surface area (Å²) in [5.41, 5.74) is 15.6. The van der Waals surface area contributed by atoms with Crippen LogP contribution < -0.4 is 43.1 Å². The summed E-state index contributed by atoms with van der Waals surface area (Å²) in [6.45, 7) is -1.91. The van der Waals surface area contributed by atoms with E-state index in [1.165, 1.54) is 34.0 Å². The van der Waals surface area contributed by atoms with Crippen molar-refractivity contribution in [3.63, 3.8) is 0 Å². The number of carbonyl (C=O) groups excluding carboxylic acids is 1. The maximum atomic E-state index is 13.6. The molecule has 3 saturated heterocycles. The minimum Gasteiger partial charge on any atom is -0.756 e. The zero-order valence-electron chi connectivity index (χ0n) is 42.0. The summed E-state index contributed by atoms with van der Waals surface area (Å²) < 4.78 is 111. The molecule has 81 heavy (non-hydrogen) atoms. The van der Waals surface area contributed by atoms with E-state index in [-0.39, 0.29) is 76.5 Å². The number of nitrogens with zero attached hydrogens (tertiary/aromatic N) is 10. The zero-order chi connectivity index (χ0) is 58.7. The van der Waals surface area contributed by atoms with Gasteiger partial charge in [-0.05, 0) is 12.8 Å². The Labute approximate surface area is 451 Å². The van der Waals surface area contributed by atoms with Crippen LogP contribution in [0.25, 0.3) is 33.5 Å². The summed E-state index contributed by atoms with van der Waals surface area (Å²) in [6.07, 6.45) is -13.0. The number of ether oxygens (including phenoxy) is 4. The first-order chi connectivity index (χ1) is 38.1. The van der Waals surface area contributed by atoms with Gasteiger partial charge in [0.05, 0.1) is 45.6 Å². The lowest BCUT2D eigenvalue weighted by atomic mass is 9.93. The zero-order valence-corrected chi connectivity index (χ0v) is 45.6. The average molecular weight is 1230 g/mol. The van der Waals surface area contributed by atoms with Crippen molar-refractivity contribution in [2.24, 2.45) is 13.0 Å². The van der Waals surface area contributed by atoms with Gasteiger partial charge in [-0.15, -0.1) is 0 Å². The fourth-order valence-corrected chi connectivity index (χ4v) is 13.8. The van der Waals surface area contributed by atoms with Crippen molar-refractivity contribution in [1.82, 2.24) is 58.9 Å². The van der Waals surface area contributed by atoms with Crippen LogP contribution in [-0.2, 0) is 75.8 Å². The number of aliphatic hydroxyl groups excluding tert-OH is 3. The van der Waals surface area contributed by atoms with Crippen molar-refractivity contribution in [3.8, 4) is 0 Å². The number of nitrogens with two attached hydrogens (primary N) is 3. The molecule has 0 aliphatic carbocycles. The molecule has 1 amide bonds. The molecule has 0 spiro atoms. The molecule has 6 aromatic heterocycles. The lowest BCUT2D eigenvalue weighted by Crippen LogP contribution is -2.45. The number of anilines is 3. The van der Waals surface area contributed by atoms with Crippen molar-refractivity contribution < 1.29 is 108 Å². The highest BCUT2D eigenvalue weighted by atomic mass is 31.3. The topological polar surface area (TPSA) is 574 Å². The molecule has 40 nitrogen and oxygen atoms in total. The maximum absolute atomic E-state index is 13.6. The molecule has 6 aromatic rings. The van der Waals surface area contributed by atoms with Crippen LogP contribution >= 0.6 is 31.3 Å². The van der Waals surface area contributed by atoms with Crippen LogP contribution in [0.3, 0.4) is 0 Å². The summed E-state index contributed by atoms with van der Waals surface area (Å²) in [5.74, 6) is -2.03. The molecule has 9 heterocycles. The van der Waals surface area contributed by atoms with Crippen molar-refractivity contribution in [3.05, 3.63) is 46.0 Å². The van der Waals surface area contributed by atoms with E-state index in [4.69, 9.17) is 54.2 Å². The first-order valence-corrected chi connectivity index (χ1v) is 29.5. The summed E-state index contributed by atoms with van der Waals surface area (Å²) in [6, 6.07) is 0. The minimum atomic E-state index is -6.22. The second-order valence-electron chi connectivity index (χ2n) is 18.2. The third-order valence-corrected chi connectivity index (χ3v) is 18.0. The van der Waals surface area contributed by atoms with Crippen LogP contribution in [0.4, 0.5) is 17.7 Å². The summed E-state index contributed by atoms with van der Waals surface area (Å²) in [5, 5.41) is 35.9. The van der Waals surface area contributed by atoms with Crippen LogP contribution in [0.1, 0.15) is 38.4 Å².